The van der Waals surface area contributed by atoms with E-state index in [1.807, 2.05) is 55.5 Å². The summed E-state index contributed by atoms with van der Waals surface area (Å²) in [5, 5.41) is 2.91. The Labute approximate surface area is 181 Å². The van der Waals surface area contributed by atoms with Gasteiger partial charge in [-0.1, -0.05) is 59.6 Å². The Hall–Kier alpha value is -2.34. The third-order valence-electron chi connectivity index (χ3n) is 4.68. The molecule has 2 aromatic carbocycles. The maximum absolute atomic E-state index is 13.0. The summed E-state index contributed by atoms with van der Waals surface area (Å²) in [4.78, 5) is 27.1. The molecular weight excluding hydrogens is 432 g/mol. The van der Waals surface area contributed by atoms with Crippen LogP contribution in [0.25, 0.3) is 0 Å². The van der Waals surface area contributed by atoms with E-state index < -0.39 is 6.04 Å². The molecule has 0 bridgehead atoms. The van der Waals surface area contributed by atoms with Crippen LogP contribution in [0.5, 0.6) is 5.75 Å². The van der Waals surface area contributed by atoms with E-state index >= 15 is 0 Å². The van der Waals surface area contributed by atoms with E-state index in [4.69, 9.17) is 4.74 Å². The topological polar surface area (TPSA) is 58.6 Å². The van der Waals surface area contributed by atoms with E-state index in [1.165, 1.54) is 0 Å². The Bertz CT molecular complexity index is 811. The number of ether oxygens (including phenoxy) is 1. The van der Waals surface area contributed by atoms with E-state index in [-0.39, 0.29) is 18.4 Å². The number of carbonyl (C=O) groups is 2. The molecule has 0 aliphatic rings. The zero-order chi connectivity index (χ0) is 21.2. The molecule has 1 N–H and O–H groups in total. The number of nitrogens with one attached hydrogen (secondary N) is 1. The zero-order valence-electron chi connectivity index (χ0n) is 17.3. The van der Waals surface area contributed by atoms with Crippen LogP contribution in [-0.2, 0) is 16.1 Å². The Morgan fingerprint density at radius 1 is 1.17 bits per heavy atom. The van der Waals surface area contributed by atoms with Crippen molar-refractivity contribution in [1.82, 2.24) is 10.2 Å². The van der Waals surface area contributed by atoms with E-state index in [0.717, 1.165) is 28.4 Å². The second-order valence-electron chi connectivity index (χ2n) is 7.03. The fourth-order valence-electron chi connectivity index (χ4n) is 2.83. The SMILES string of the molecule is CCCCNC(=O)C(C)N(Cc1ccccc1)C(=O)COc1ccc(Br)c(C)c1. The Morgan fingerprint density at radius 2 is 1.90 bits per heavy atom. The summed E-state index contributed by atoms with van der Waals surface area (Å²) < 4.78 is 6.69. The predicted molar refractivity (Wildman–Crippen MR) is 119 cm³/mol. The molecule has 156 valence electrons. The first-order chi connectivity index (χ1) is 13.9. The van der Waals surface area contributed by atoms with Gasteiger partial charge in [0.1, 0.15) is 11.8 Å². The van der Waals surface area contributed by atoms with Gasteiger partial charge in [0.15, 0.2) is 6.61 Å². The highest BCUT2D eigenvalue weighted by Crippen LogP contribution is 2.21. The van der Waals surface area contributed by atoms with Gasteiger partial charge in [-0.3, -0.25) is 9.59 Å². The summed E-state index contributed by atoms with van der Waals surface area (Å²) >= 11 is 3.46. The van der Waals surface area contributed by atoms with Crippen molar-refractivity contribution in [1.29, 1.82) is 0 Å². The van der Waals surface area contributed by atoms with E-state index in [1.54, 1.807) is 11.8 Å². The molecule has 0 radical (unpaired) electrons. The largest absolute Gasteiger partial charge is 0.484 e. The maximum Gasteiger partial charge on any atom is 0.261 e. The molecule has 2 rings (SSSR count). The highest BCUT2D eigenvalue weighted by atomic mass is 79.9. The van der Waals surface area contributed by atoms with Gasteiger partial charge in [0.2, 0.25) is 5.91 Å². The van der Waals surface area contributed by atoms with Gasteiger partial charge >= 0.3 is 0 Å². The Morgan fingerprint density at radius 3 is 2.55 bits per heavy atom. The second kappa shape index (κ2) is 11.6. The average Bonchev–Trinajstić information content (AvgIpc) is 2.73. The molecule has 6 heteroatoms. The van der Waals surface area contributed by atoms with Gasteiger partial charge in [0.25, 0.3) is 5.91 Å². The lowest BCUT2D eigenvalue weighted by Gasteiger charge is -2.28. The smallest absolute Gasteiger partial charge is 0.261 e. The van der Waals surface area contributed by atoms with Crippen LogP contribution in [-0.4, -0.2) is 35.9 Å². The molecule has 29 heavy (non-hydrogen) atoms. The van der Waals surface area contributed by atoms with Crippen LogP contribution in [0.3, 0.4) is 0 Å². The summed E-state index contributed by atoms with van der Waals surface area (Å²) in [6, 6.07) is 14.6. The van der Waals surface area contributed by atoms with Crippen LogP contribution < -0.4 is 10.1 Å². The van der Waals surface area contributed by atoms with Gasteiger partial charge in [-0.25, -0.2) is 0 Å². The highest BCUT2D eigenvalue weighted by molar-refractivity contribution is 9.10. The first kappa shape index (κ1) is 22.9. The van der Waals surface area contributed by atoms with Crippen LogP contribution >= 0.6 is 15.9 Å². The standard InChI is InChI=1S/C23H29BrN2O3/c1-4-5-13-25-23(28)18(3)26(15-19-9-7-6-8-10-19)22(27)16-29-20-11-12-21(24)17(2)14-20/h6-12,14,18H,4-5,13,15-16H2,1-3H3,(H,25,28). The fraction of sp³-hybridized carbons (Fsp3) is 0.391. The minimum Gasteiger partial charge on any atom is -0.484 e. The molecule has 0 heterocycles. The lowest BCUT2D eigenvalue weighted by molar-refractivity contribution is -0.142. The van der Waals surface area contributed by atoms with Gasteiger partial charge in [-0.15, -0.1) is 0 Å². The average molecular weight is 461 g/mol. The molecule has 0 saturated carbocycles. The van der Waals surface area contributed by atoms with Crippen LogP contribution in [0.2, 0.25) is 0 Å². The Balaban J connectivity index is 2.08. The number of hydrogen-bond donors (Lipinski definition) is 1. The number of rotatable bonds is 10. The number of hydrogen-bond acceptors (Lipinski definition) is 3. The molecule has 0 aromatic heterocycles. The van der Waals surface area contributed by atoms with Crippen molar-refractivity contribution >= 4 is 27.7 Å². The van der Waals surface area contributed by atoms with Gasteiger partial charge < -0.3 is 15.0 Å². The second-order valence-corrected chi connectivity index (χ2v) is 7.88. The molecule has 2 aromatic rings. The molecule has 1 unspecified atom stereocenters. The number of amides is 2. The quantitative estimate of drug-likeness (QED) is 0.532. The maximum atomic E-state index is 13.0. The molecule has 2 amide bonds. The number of benzene rings is 2. The number of carbonyl (C=O) groups excluding carboxylic acids is 2. The summed E-state index contributed by atoms with van der Waals surface area (Å²) in [6.45, 7) is 6.63. The van der Waals surface area contributed by atoms with Crippen molar-refractivity contribution in [2.24, 2.45) is 0 Å². The molecular formula is C23H29BrN2O3. The van der Waals surface area contributed by atoms with E-state index in [2.05, 4.69) is 28.2 Å². The summed E-state index contributed by atoms with van der Waals surface area (Å²) in [5.74, 6) is 0.244. The van der Waals surface area contributed by atoms with Gasteiger partial charge in [0, 0.05) is 17.6 Å². The van der Waals surface area contributed by atoms with Crippen molar-refractivity contribution in [2.45, 2.75) is 46.2 Å². The van der Waals surface area contributed by atoms with Gasteiger partial charge in [-0.05, 0) is 49.6 Å². The monoisotopic (exact) mass is 460 g/mol. The summed E-state index contributed by atoms with van der Waals surface area (Å²) in [7, 11) is 0. The van der Waals surface area contributed by atoms with E-state index in [9.17, 15) is 9.59 Å². The summed E-state index contributed by atoms with van der Waals surface area (Å²) in [5.41, 5.74) is 1.99. The summed E-state index contributed by atoms with van der Waals surface area (Å²) in [6.07, 6.45) is 1.92. The number of nitrogens with zero attached hydrogens (tertiary/aromatic N) is 1. The minimum atomic E-state index is -0.588. The van der Waals surface area contributed by atoms with Crippen LogP contribution in [0.15, 0.2) is 53.0 Å². The normalized spacial score (nSPS) is 11.6. The molecule has 0 fully saturated rings. The highest BCUT2D eigenvalue weighted by Gasteiger charge is 2.26. The third kappa shape index (κ3) is 7.20. The van der Waals surface area contributed by atoms with Gasteiger partial charge in [-0.2, -0.15) is 0 Å². The fourth-order valence-corrected chi connectivity index (χ4v) is 3.08. The first-order valence-corrected chi connectivity index (χ1v) is 10.7. The zero-order valence-corrected chi connectivity index (χ0v) is 18.9. The van der Waals surface area contributed by atoms with Crippen LogP contribution in [0.1, 0.15) is 37.8 Å². The van der Waals surface area contributed by atoms with Gasteiger partial charge in [0.05, 0.1) is 0 Å². The number of unbranched alkanes of at least 4 members (excludes halogenated alkanes) is 1. The van der Waals surface area contributed by atoms with Crippen molar-refractivity contribution < 1.29 is 14.3 Å². The third-order valence-corrected chi connectivity index (χ3v) is 5.57. The molecule has 0 spiro atoms. The molecule has 5 nitrogen and oxygen atoms in total. The van der Waals surface area contributed by atoms with Crippen LogP contribution in [0, 0.1) is 6.92 Å². The number of halogens is 1. The van der Waals surface area contributed by atoms with Crippen LogP contribution in [0.4, 0.5) is 0 Å². The predicted octanol–water partition coefficient (Wildman–Crippen LogP) is 4.47. The minimum absolute atomic E-state index is 0.125. The van der Waals surface area contributed by atoms with Crippen molar-refractivity contribution in [2.75, 3.05) is 13.2 Å². The van der Waals surface area contributed by atoms with Crippen molar-refractivity contribution in [3.63, 3.8) is 0 Å². The lowest BCUT2D eigenvalue weighted by atomic mass is 10.1. The lowest BCUT2D eigenvalue weighted by Crippen LogP contribution is -2.49. The molecule has 0 aliphatic heterocycles. The molecule has 0 aliphatic carbocycles. The molecule has 0 saturated heterocycles. The number of aryl methyl sites for hydroxylation is 1. The van der Waals surface area contributed by atoms with Crippen molar-refractivity contribution in [3.05, 3.63) is 64.1 Å². The Kier molecular flexibility index (Phi) is 9.19. The van der Waals surface area contributed by atoms with E-state index in [0.29, 0.717) is 18.8 Å². The van der Waals surface area contributed by atoms with Crippen molar-refractivity contribution in [3.8, 4) is 5.75 Å². The first-order valence-electron chi connectivity index (χ1n) is 9.92. The molecule has 1 atom stereocenters.